The number of halogens is 1. The number of thiophene rings is 1. The van der Waals surface area contributed by atoms with Crippen LogP contribution in [0.25, 0.3) is 0 Å². The molecule has 1 amide bonds. The lowest BCUT2D eigenvalue weighted by molar-refractivity contribution is -0.137. The molecule has 0 aromatic carbocycles. The zero-order chi connectivity index (χ0) is 13.9. The summed E-state index contributed by atoms with van der Waals surface area (Å²) in [4.78, 5) is 17.0. The van der Waals surface area contributed by atoms with Crippen molar-refractivity contribution in [2.24, 2.45) is 5.92 Å². The topological polar surface area (TPSA) is 35.6 Å². The number of nitrogens with zero attached hydrogens (tertiary/aromatic N) is 2. The lowest BCUT2D eigenvalue weighted by Crippen LogP contribution is -2.52. The molecule has 0 unspecified atom stereocenters. The van der Waals surface area contributed by atoms with E-state index in [0.717, 1.165) is 45.6 Å². The van der Waals surface area contributed by atoms with E-state index in [-0.39, 0.29) is 18.3 Å². The van der Waals surface area contributed by atoms with E-state index in [1.807, 2.05) is 0 Å². The van der Waals surface area contributed by atoms with Crippen LogP contribution in [0, 0.1) is 5.92 Å². The molecule has 2 atom stereocenters. The van der Waals surface area contributed by atoms with Crippen LogP contribution in [0.1, 0.15) is 19.8 Å². The molecule has 21 heavy (non-hydrogen) atoms. The van der Waals surface area contributed by atoms with Crippen LogP contribution in [0.5, 0.6) is 0 Å². The summed E-state index contributed by atoms with van der Waals surface area (Å²) in [5.41, 5.74) is 0. The van der Waals surface area contributed by atoms with E-state index < -0.39 is 0 Å². The molecule has 3 rings (SSSR count). The van der Waals surface area contributed by atoms with Crippen LogP contribution in [0.4, 0.5) is 5.00 Å². The van der Waals surface area contributed by atoms with Gasteiger partial charge in [0.15, 0.2) is 0 Å². The van der Waals surface area contributed by atoms with E-state index in [0.29, 0.717) is 11.9 Å². The molecule has 1 aromatic rings. The molecule has 0 radical (unpaired) electrons. The van der Waals surface area contributed by atoms with Crippen molar-refractivity contribution >= 4 is 34.7 Å². The minimum absolute atomic E-state index is 0. The fourth-order valence-electron chi connectivity index (χ4n) is 3.21. The van der Waals surface area contributed by atoms with Crippen molar-refractivity contribution in [3.63, 3.8) is 0 Å². The Morgan fingerprint density at radius 3 is 2.71 bits per heavy atom. The van der Waals surface area contributed by atoms with Crippen LogP contribution in [0.15, 0.2) is 17.5 Å². The van der Waals surface area contributed by atoms with E-state index in [1.54, 1.807) is 11.3 Å². The van der Waals surface area contributed by atoms with Gasteiger partial charge in [0, 0.05) is 38.1 Å². The summed E-state index contributed by atoms with van der Waals surface area (Å²) < 4.78 is 0. The first-order chi connectivity index (χ1) is 9.74. The Hall–Kier alpha value is -0.780. The second kappa shape index (κ2) is 7.47. The molecule has 1 N–H and O–H groups in total. The average Bonchev–Trinajstić information content (AvgIpc) is 3.01. The third kappa shape index (κ3) is 3.90. The van der Waals surface area contributed by atoms with Crippen molar-refractivity contribution in [1.29, 1.82) is 0 Å². The number of hydrogen-bond donors (Lipinski definition) is 1. The second-order valence-electron chi connectivity index (χ2n) is 5.84. The first kappa shape index (κ1) is 16.6. The van der Waals surface area contributed by atoms with E-state index in [2.05, 4.69) is 39.6 Å². The maximum absolute atomic E-state index is 12.6. The smallest absolute Gasteiger partial charge is 0.225 e. The Bertz CT molecular complexity index is 446. The summed E-state index contributed by atoms with van der Waals surface area (Å²) in [5, 5.41) is 6.86. The standard InChI is InChI=1S/C15H23N3OS.ClH/c1-12-11-13(4-5-16-12)15(19)18-8-6-17(7-9-18)14-3-2-10-20-14;/h2-3,10,12-13,16H,4-9,11H2,1H3;1H/t12-,13-;/m0./s1. The van der Waals surface area contributed by atoms with E-state index in [4.69, 9.17) is 0 Å². The number of amides is 1. The Kier molecular flexibility index (Phi) is 5.90. The van der Waals surface area contributed by atoms with Gasteiger partial charge in [-0.1, -0.05) is 0 Å². The van der Waals surface area contributed by atoms with Gasteiger partial charge in [-0.2, -0.15) is 0 Å². The molecule has 3 heterocycles. The van der Waals surface area contributed by atoms with Gasteiger partial charge in [-0.25, -0.2) is 0 Å². The summed E-state index contributed by atoms with van der Waals surface area (Å²) in [6.07, 6.45) is 1.98. The van der Waals surface area contributed by atoms with Crippen molar-refractivity contribution in [3.05, 3.63) is 17.5 Å². The predicted octanol–water partition coefficient (Wildman–Crippen LogP) is 2.21. The summed E-state index contributed by atoms with van der Waals surface area (Å²) in [6, 6.07) is 4.73. The highest BCUT2D eigenvalue weighted by Gasteiger charge is 2.30. The molecule has 0 bridgehead atoms. The molecule has 0 saturated carbocycles. The van der Waals surface area contributed by atoms with Gasteiger partial charge in [0.1, 0.15) is 0 Å². The zero-order valence-electron chi connectivity index (χ0n) is 12.5. The summed E-state index contributed by atoms with van der Waals surface area (Å²) >= 11 is 1.78. The number of nitrogens with one attached hydrogen (secondary N) is 1. The normalized spacial score (nSPS) is 26.3. The van der Waals surface area contributed by atoms with Gasteiger partial charge >= 0.3 is 0 Å². The average molecular weight is 330 g/mol. The highest BCUT2D eigenvalue weighted by Crippen LogP contribution is 2.24. The van der Waals surface area contributed by atoms with Crippen LogP contribution in [0.3, 0.4) is 0 Å². The van der Waals surface area contributed by atoms with Crippen molar-refractivity contribution in [2.45, 2.75) is 25.8 Å². The Morgan fingerprint density at radius 1 is 1.33 bits per heavy atom. The molecule has 4 nitrogen and oxygen atoms in total. The molecule has 2 fully saturated rings. The van der Waals surface area contributed by atoms with Gasteiger partial charge in [0.2, 0.25) is 5.91 Å². The third-order valence-corrected chi connectivity index (χ3v) is 5.31. The second-order valence-corrected chi connectivity index (χ2v) is 6.77. The van der Waals surface area contributed by atoms with Crippen molar-refractivity contribution in [3.8, 4) is 0 Å². The number of carbonyl (C=O) groups excluding carboxylic acids is 1. The molecule has 2 aliphatic rings. The number of rotatable bonds is 2. The number of anilines is 1. The third-order valence-electron chi connectivity index (χ3n) is 4.38. The van der Waals surface area contributed by atoms with Crippen LogP contribution >= 0.6 is 23.7 Å². The number of piperidine rings is 1. The fraction of sp³-hybridized carbons (Fsp3) is 0.667. The van der Waals surface area contributed by atoms with Gasteiger partial charge in [0.25, 0.3) is 0 Å². The Labute approximate surface area is 136 Å². The maximum Gasteiger partial charge on any atom is 0.225 e. The summed E-state index contributed by atoms with van der Waals surface area (Å²) in [7, 11) is 0. The molecule has 2 aliphatic heterocycles. The minimum Gasteiger partial charge on any atom is -0.360 e. The molecule has 6 heteroatoms. The highest BCUT2D eigenvalue weighted by molar-refractivity contribution is 7.14. The maximum atomic E-state index is 12.6. The van der Waals surface area contributed by atoms with Crippen molar-refractivity contribution in [1.82, 2.24) is 10.2 Å². The molecular weight excluding hydrogens is 306 g/mol. The molecule has 118 valence electrons. The lowest BCUT2D eigenvalue weighted by atomic mass is 9.92. The van der Waals surface area contributed by atoms with Crippen molar-refractivity contribution < 1.29 is 4.79 Å². The quantitative estimate of drug-likeness (QED) is 0.903. The van der Waals surface area contributed by atoms with Gasteiger partial charge in [-0.3, -0.25) is 4.79 Å². The molecular formula is C15H24ClN3OS. The number of hydrogen-bond acceptors (Lipinski definition) is 4. The monoisotopic (exact) mass is 329 g/mol. The first-order valence-electron chi connectivity index (χ1n) is 7.54. The first-order valence-corrected chi connectivity index (χ1v) is 8.42. The molecule has 0 aliphatic carbocycles. The SMILES string of the molecule is C[C@H]1C[C@@H](C(=O)N2CCN(c3cccs3)CC2)CCN1.Cl. The molecule has 1 aromatic heterocycles. The highest BCUT2D eigenvalue weighted by atomic mass is 35.5. The fourth-order valence-corrected chi connectivity index (χ4v) is 4.00. The van der Waals surface area contributed by atoms with Gasteiger partial charge in [-0.05, 0) is 43.8 Å². The molecule has 2 saturated heterocycles. The largest absolute Gasteiger partial charge is 0.360 e. The lowest BCUT2D eigenvalue weighted by Gasteiger charge is -2.38. The van der Waals surface area contributed by atoms with Gasteiger partial charge in [-0.15, -0.1) is 23.7 Å². The predicted molar refractivity (Wildman–Crippen MR) is 90.5 cm³/mol. The van der Waals surface area contributed by atoms with E-state index >= 15 is 0 Å². The van der Waals surface area contributed by atoms with Crippen LogP contribution in [0.2, 0.25) is 0 Å². The summed E-state index contributed by atoms with van der Waals surface area (Å²) in [5.74, 6) is 0.615. The Morgan fingerprint density at radius 2 is 2.10 bits per heavy atom. The van der Waals surface area contributed by atoms with Crippen molar-refractivity contribution in [2.75, 3.05) is 37.6 Å². The number of carbonyl (C=O) groups is 1. The summed E-state index contributed by atoms with van der Waals surface area (Å²) in [6.45, 7) is 6.82. The Balaban J connectivity index is 0.00000161. The van der Waals surface area contributed by atoms with Crippen LogP contribution in [-0.2, 0) is 4.79 Å². The van der Waals surface area contributed by atoms with E-state index in [1.165, 1.54) is 5.00 Å². The van der Waals surface area contributed by atoms with Gasteiger partial charge in [0.05, 0.1) is 5.00 Å². The molecule has 0 spiro atoms. The van der Waals surface area contributed by atoms with Crippen LogP contribution < -0.4 is 10.2 Å². The van der Waals surface area contributed by atoms with Crippen LogP contribution in [-0.4, -0.2) is 49.6 Å². The van der Waals surface area contributed by atoms with Gasteiger partial charge < -0.3 is 15.1 Å². The van der Waals surface area contributed by atoms with E-state index in [9.17, 15) is 4.79 Å². The number of piperazine rings is 1. The zero-order valence-corrected chi connectivity index (χ0v) is 14.1. The minimum atomic E-state index is 0.